The van der Waals surface area contributed by atoms with Crippen molar-refractivity contribution in [1.29, 1.82) is 0 Å². The molecule has 11 rings (SSSR count). The van der Waals surface area contributed by atoms with Crippen LogP contribution in [0.15, 0.2) is 33.2 Å². The summed E-state index contributed by atoms with van der Waals surface area (Å²) >= 11 is 19.5. The zero-order chi connectivity index (χ0) is 53.5. The number of amides is 1. The van der Waals surface area contributed by atoms with E-state index in [0.717, 1.165) is 33.1 Å². The number of halogens is 4. The number of hydrogen-bond acceptors (Lipinski definition) is 13. The van der Waals surface area contributed by atoms with Gasteiger partial charge in [-0.3, -0.25) is 19.3 Å². The van der Waals surface area contributed by atoms with E-state index in [1.54, 1.807) is 50.5 Å². The Morgan fingerprint density at radius 1 is 0.833 bits per heavy atom. The fourth-order valence-corrected chi connectivity index (χ4v) is 14.5. The molecular weight excluding hydrogens is 1110 g/mol. The maximum Gasteiger partial charge on any atom is 0.326 e. The molecule has 72 heavy (non-hydrogen) atoms. The van der Waals surface area contributed by atoms with Gasteiger partial charge in [-0.15, -0.1) is 17.4 Å². The number of rotatable bonds is 11. The molecule has 14 nitrogen and oxygen atoms in total. The average molecular weight is 1190 g/mol. The van der Waals surface area contributed by atoms with Crippen LogP contribution in [0.3, 0.4) is 0 Å². The third-order valence-corrected chi connectivity index (χ3v) is 19.4. The van der Waals surface area contributed by atoms with Crippen LogP contribution in [0.25, 0.3) is 0 Å². The second-order valence-corrected chi connectivity index (χ2v) is 29.2. The van der Waals surface area contributed by atoms with Crippen molar-refractivity contribution in [1.82, 2.24) is 15.4 Å². The first-order valence-electron chi connectivity index (χ1n) is 25.8. The van der Waals surface area contributed by atoms with Crippen LogP contribution in [0, 0.1) is 58.2 Å². The quantitative estimate of drug-likeness (QED) is 0.106. The molecule has 9 aliphatic rings. The molecular formula is C53H81AlBr2Cl2N4O10. The fourth-order valence-electron chi connectivity index (χ4n) is 13.0. The highest BCUT2D eigenvalue weighted by Gasteiger charge is 2.59. The van der Waals surface area contributed by atoms with Crippen molar-refractivity contribution in [2.24, 2.45) is 63.9 Å². The summed E-state index contributed by atoms with van der Waals surface area (Å²) in [5, 5.41) is 37.4. The lowest BCUT2D eigenvalue weighted by Crippen LogP contribution is -2.62. The summed E-state index contributed by atoms with van der Waals surface area (Å²) in [6.07, 6.45) is 2.57. The van der Waals surface area contributed by atoms with Crippen molar-refractivity contribution >= 4 is 81.1 Å². The summed E-state index contributed by atoms with van der Waals surface area (Å²) in [7, 11) is 3.11. The molecule has 6 saturated carbocycles. The molecule has 2 aromatic rings. The molecule has 404 valence electrons. The van der Waals surface area contributed by atoms with Gasteiger partial charge in [-0.2, -0.15) is 10.1 Å². The minimum absolute atomic E-state index is 0.0814. The minimum atomic E-state index is -0.853. The van der Waals surface area contributed by atoms with Crippen molar-refractivity contribution in [3.63, 3.8) is 0 Å². The lowest BCUT2D eigenvalue weighted by Gasteiger charge is -2.62. The number of fused-ring (bicyclic) bond motifs is 5. The highest BCUT2D eigenvalue weighted by molar-refractivity contribution is 9.11. The van der Waals surface area contributed by atoms with E-state index >= 15 is 0 Å². The van der Waals surface area contributed by atoms with Gasteiger partial charge in [0.2, 0.25) is 5.91 Å². The number of methoxy groups -OCH3 is 2. The van der Waals surface area contributed by atoms with Crippen molar-refractivity contribution in [2.75, 3.05) is 27.4 Å². The first-order chi connectivity index (χ1) is 33.7. The molecule has 6 aliphatic carbocycles. The molecule has 3 saturated heterocycles. The van der Waals surface area contributed by atoms with Crippen LogP contribution >= 0.6 is 55.1 Å². The van der Waals surface area contributed by atoms with Crippen LogP contribution in [0.5, 0.6) is 11.5 Å². The Morgan fingerprint density at radius 3 is 1.74 bits per heavy atom. The Kier molecular flexibility index (Phi) is 20.5. The van der Waals surface area contributed by atoms with E-state index in [1.165, 1.54) is 24.3 Å². The number of hydroxylamine groups is 4. The summed E-state index contributed by atoms with van der Waals surface area (Å²) in [5.74, 6) is 10.9. The number of aliphatic hydroxyl groups excluding tert-OH is 3. The van der Waals surface area contributed by atoms with E-state index in [9.17, 15) is 24.9 Å². The average Bonchev–Trinajstić information content (AvgIpc) is 3.98. The van der Waals surface area contributed by atoms with Crippen LogP contribution in [-0.4, -0.2) is 127 Å². The van der Waals surface area contributed by atoms with Crippen LogP contribution in [0.1, 0.15) is 92.2 Å². The normalized spacial score (nSPS) is 35.0. The Hall–Kier alpha value is -1.27. The van der Waals surface area contributed by atoms with Crippen LogP contribution in [0.4, 0.5) is 0 Å². The molecule has 4 bridgehead atoms. The number of nitrogens with zero attached hydrogens (tertiary/aromatic N) is 2. The van der Waals surface area contributed by atoms with E-state index in [1.807, 2.05) is 6.92 Å². The Balaban J connectivity index is 0.000000190. The monoisotopic (exact) mass is 1190 g/mol. The van der Waals surface area contributed by atoms with Crippen molar-refractivity contribution in [3.05, 3.63) is 54.4 Å². The third-order valence-electron chi connectivity index (χ3n) is 17.5. The number of cyclic esters (lactones) is 1. The molecule has 0 spiro atoms. The highest BCUT2D eigenvalue weighted by Crippen LogP contribution is 2.62. The summed E-state index contributed by atoms with van der Waals surface area (Å²) in [6.45, 7) is 17.4. The van der Waals surface area contributed by atoms with Gasteiger partial charge in [-0.25, -0.2) is 0 Å². The summed E-state index contributed by atoms with van der Waals surface area (Å²) in [6, 6.07) is 6.33. The van der Waals surface area contributed by atoms with Gasteiger partial charge < -0.3 is 40.6 Å². The standard InChI is InChI=1S/C25H36BrClN2O5.C15H17BrClNO5.C10H19N.3CH3.Al/c1-12-16-8-14(25(16,3)4)9-19(12)28-24(32)22-21(13(2)31)20(11-30)34-29(22)10-15-18(27)7-6-17(26)23(15)33-5;1-7-12-11(6-19)23-18(13(12)15(20)22-7)5-8-10(17)4-3-9(16)14(8)21-2;1-6-8-4-7(5-9(6)11)10(8,2)3;;;;/h6-7,12-14,16,19-22,30-31H,8-11H2,1-5H3,(H,28,32);3-4,7,11-13,19H,5-6H2,1-2H3;6-9H,4-5,11H2,1-3H3;3*1H3;/t12-,13-,14+,16-,19-,20-,21+,22-;7-,11-,12?,13?;6-,7+,8-,9-;;;;/m000..../s1. The van der Waals surface area contributed by atoms with E-state index in [4.69, 9.17) is 52.8 Å². The topological polar surface area (TPSA) is 186 Å². The largest absolute Gasteiger partial charge is 0.495 e. The SMILES string of the molecule is COc1c(Br)ccc(Cl)c1CN1O[C@@H](CO)C2C1C(=O)O[C@H]2C.COc1c(Br)ccc(Cl)c1CN1O[C@@H](CO)[C@@H]([C@H](C)O)[C@H]1C(=O)N[C@H]1C[C@H]2C[C@@H]([C@@H]1C)C2(C)C.C[C@@H]1[C@@H](N)C[C@H]2C[C@@H]1C2(C)C.[CH3][Al]([CH3])[CH3]. The number of esters is 1. The number of carbonyl (C=O) groups excluding carboxylic acids is 2. The number of hydrogen-bond donors (Lipinski definition) is 5. The van der Waals surface area contributed by atoms with E-state index < -0.39 is 36.3 Å². The molecule has 3 heterocycles. The Bertz CT molecular complexity index is 2210. The minimum Gasteiger partial charge on any atom is -0.495 e. The van der Waals surface area contributed by atoms with Gasteiger partial charge in [-0.05, 0) is 142 Å². The van der Waals surface area contributed by atoms with Gasteiger partial charge in [0.05, 0.1) is 61.5 Å². The lowest BCUT2D eigenvalue weighted by molar-refractivity contribution is -0.195. The predicted octanol–water partition coefficient (Wildman–Crippen LogP) is 9.31. The van der Waals surface area contributed by atoms with Gasteiger partial charge in [0, 0.05) is 39.2 Å². The van der Waals surface area contributed by atoms with E-state index in [-0.39, 0.29) is 70.4 Å². The summed E-state index contributed by atoms with van der Waals surface area (Å²) < 4.78 is 17.7. The number of ether oxygens (including phenoxy) is 3. The summed E-state index contributed by atoms with van der Waals surface area (Å²) in [4.78, 5) is 37.7. The molecule has 2 aromatic carbocycles. The fraction of sp³-hybridized carbons (Fsp3) is 0.736. The summed E-state index contributed by atoms with van der Waals surface area (Å²) in [5.41, 5.74) is 8.31. The zero-order valence-corrected chi connectivity index (χ0v) is 50.3. The van der Waals surface area contributed by atoms with E-state index in [0.29, 0.717) is 67.3 Å². The van der Waals surface area contributed by atoms with Gasteiger partial charge in [0.1, 0.15) is 41.9 Å². The molecule has 6 N–H and O–H groups in total. The zero-order valence-electron chi connectivity index (χ0n) is 44.5. The Morgan fingerprint density at radius 2 is 1.31 bits per heavy atom. The molecule has 0 aromatic heterocycles. The van der Waals surface area contributed by atoms with Gasteiger partial charge in [-0.1, -0.05) is 64.7 Å². The maximum atomic E-state index is 13.7. The lowest BCUT2D eigenvalue weighted by atomic mass is 9.45. The number of carbonyl (C=O) groups is 2. The smallest absolute Gasteiger partial charge is 0.326 e. The van der Waals surface area contributed by atoms with Gasteiger partial charge >= 0.3 is 5.97 Å². The van der Waals surface area contributed by atoms with Crippen LogP contribution in [0.2, 0.25) is 27.4 Å². The maximum absolute atomic E-state index is 13.7. The number of nitrogens with one attached hydrogen (secondary N) is 1. The molecule has 0 radical (unpaired) electrons. The molecule has 16 atom stereocenters. The molecule has 3 aliphatic heterocycles. The Labute approximate surface area is 459 Å². The second-order valence-electron chi connectivity index (χ2n) is 23.2. The van der Waals surface area contributed by atoms with E-state index in [2.05, 4.69) is 96.1 Å². The van der Waals surface area contributed by atoms with Crippen molar-refractivity contribution < 1.29 is 48.8 Å². The highest BCUT2D eigenvalue weighted by atomic mass is 79.9. The van der Waals surface area contributed by atoms with Crippen LogP contribution in [-0.2, 0) is 37.1 Å². The number of benzene rings is 2. The third kappa shape index (κ3) is 12.2. The molecule has 19 heteroatoms. The van der Waals surface area contributed by atoms with Crippen LogP contribution < -0.4 is 20.5 Å². The second kappa shape index (κ2) is 24.6. The molecule has 9 fully saturated rings. The van der Waals surface area contributed by atoms with Gasteiger partial charge in [0.25, 0.3) is 14.1 Å². The number of aliphatic hydroxyl groups is 3. The van der Waals surface area contributed by atoms with Crippen molar-refractivity contribution in [3.8, 4) is 11.5 Å². The van der Waals surface area contributed by atoms with Crippen molar-refractivity contribution in [2.45, 2.75) is 160 Å². The number of nitrogens with two attached hydrogens (primary N) is 1. The molecule has 1 amide bonds. The predicted molar refractivity (Wildman–Crippen MR) is 290 cm³/mol. The first kappa shape index (κ1) is 60.0. The molecule has 2 unspecified atom stereocenters. The first-order valence-corrected chi connectivity index (χ1v) is 31.6. The van der Waals surface area contributed by atoms with Gasteiger partial charge in [0.15, 0.2) is 0 Å².